The minimum atomic E-state index is 0. The molecule has 2 N–H and O–H groups in total. The fourth-order valence-electron chi connectivity index (χ4n) is 1.60. The van der Waals surface area contributed by atoms with Gasteiger partial charge in [-0.15, -0.1) is 46.7 Å². The van der Waals surface area contributed by atoms with Crippen LogP contribution in [0.15, 0.2) is 28.7 Å². The summed E-state index contributed by atoms with van der Waals surface area (Å²) in [5.74, 6) is 0.807. The summed E-state index contributed by atoms with van der Waals surface area (Å²) < 4.78 is 0. The number of aromatic nitrogens is 1. The van der Waals surface area contributed by atoms with Gasteiger partial charge in [0.2, 0.25) is 0 Å². The smallest absolute Gasteiger partial charge is 0.191 e. The van der Waals surface area contributed by atoms with Crippen LogP contribution in [0.5, 0.6) is 0 Å². The molecule has 0 aliphatic carbocycles. The molecule has 0 spiro atoms. The van der Waals surface area contributed by atoms with E-state index in [1.807, 2.05) is 22.9 Å². The van der Waals surface area contributed by atoms with Crippen LogP contribution in [0.1, 0.15) is 21.7 Å². The largest absolute Gasteiger partial charge is 0.352 e. The molecule has 7 heteroatoms. The summed E-state index contributed by atoms with van der Waals surface area (Å²) in [7, 11) is 1.78. The summed E-state index contributed by atoms with van der Waals surface area (Å²) in [5, 5.41) is 9.61. The van der Waals surface area contributed by atoms with E-state index in [4.69, 9.17) is 0 Å². The van der Waals surface area contributed by atoms with Gasteiger partial charge in [-0.25, -0.2) is 4.98 Å². The maximum Gasteiger partial charge on any atom is 0.191 e. The Kier molecular flexibility index (Phi) is 8.08. The van der Waals surface area contributed by atoms with Gasteiger partial charge in [0.15, 0.2) is 5.96 Å². The number of hydrogen-bond donors (Lipinski definition) is 2. The van der Waals surface area contributed by atoms with Crippen LogP contribution in [0.25, 0.3) is 0 Å². The van der Waals surface area contributed by atoms with E-state index in [-0.39, 0.29) is 24.0 Å². The molecular weight excluding hydrogens is 403 g/mol. The highest BCUT2D eigenvalue weighted by Crippen LogP contribution is 2.16. The van der Waals surface area contributed by atoms with Gasteiger partial charge in [-0.05, 0) is 18.6 Å². The van der Waals surface area contributed by atoms with Gasteiger partial charge >= 0.3 is 0 Å². The third kappa shape index (κ3) is 5.37. The molecule has 110 valence electrons. The van der Waals surface area contributed by atoms with Crippen LogP contribution in [-0.4, -0.2) is 18.0 Å². The Balaban J connectivity index is 0.00000200. The molecule has 0 aliphatic heterocycles. The molecule has 0 unspecified atom stereocenters. The Morgan fingerprint density at radius 1 is 1.25 bits per heavy atom. The fourth-order valence-corrected chi connectivity index (χ4v) is 3.05. The first-order valence-electron chi connectivity index (χ1n) is 6.22. The monoisotopic (exact) mass is 422 g/mol. The predicted molar refractivity (Wildman–Crippen MR) is 98.3 cm³/mol. The van der Waals surface area contributed by atoms with Crippen molar-refractivity contribution in [2.24, 2.45) is 4.99 Å². The molecule has 0 bridgehead atoms. The predicted octanol–water partition coefficient (Wildman–Crippen LogP) is 3.25. The zero-order valence-electron chi connectivity index (χ0n) is 11.5. The van der Waals surface area contributed by atoms with Crippen LogP contribution in [0, 0.1) is 0 Å². The van der Waals surface area contributed by atoms with Crippen molar-refractivity contribution < 1.29 is 0 Å². The molecule has 0 radical (unpaired) electrons. The number of thiophene rings is 1. The van der Waals surface area contributed by atoms with E-state index in [1.165, 1.54) is 9.75 Å². The Labute approximate surface area is 144 Å². The van der Waals surface area contributed by atoms with Crippen molar-refractivity contribution in [3.8, 4) is 0 Å². The van der Waals surface area contributed by atoms with E-state index in [1.54, 1.807) is 18.4 Å². The molecule has 0 aromatic carbocycles. The van der Waals surface area contributed by atoms with Crippen molar-refractivity contribution in [3.05, 3.63) is 38.5 Å². The Morgan fingerprint density at radius 3 is 2.60 bits per heavy atom. The first kappa shape index (κ1) is 17.4. The quantitative estimate of drug-likeness (QED) is 0.442. The van der Waals surface area contributed by atoms with Crippen molar-refractivity contribution >= 4 is 52.6 Å². The van der Waals surface area contributed by atoms with Crippen LogP contribution in [-0.2, 0) is 19.5 Å². The SMILES string of the molecule is CCc1ccc(CNC(=NC)NCc2nccs2)s1.I. The van der Waals surface area contributed by atoms with Gasteiger partial charge in [-0.2, -0.15) is 0 Å². The van der Waals surface area contributed by atoms with Crippen LogP contribution in [0.2, 0.25) is 0 Å². The van der Waals surface area contributed by atoms with Crippen LogP contribution >= 0.6 is 46.7 Å². The van der Waals surface area contributed by atoms with Crippen LogP contribution in [0.3, 0.4) is 0 Å². The number of thiazole rings is 1. The van der Waals surface area contributed by atoms with Gasteiger partial charge < -0.3 is 10.6 Å². The van der Waals surface area contributed by atoms with Gasteiger partial charge in [0, 0.05) is 28.4 Å². The first-order valence-corrected chi connectivity index (χ1v) is 7.92. The third-order valence-corrected chi connectivity index (χ3v) is 4.62. The Morgan fingerprint density at radius 2 is 2.00 bits per heavy atom. The van der Waals surface area contributed by atoms with Crippen molar-refractivity contribution in [3.63, 3.8) is 0 Å². The number of aliphatic imine (C=N–C) groups is 1. The van der Waals surface area contributed by atoms with E-state index in [0.29, 0.717) is 6.54 Å². The minimum Gasteiger partial charge on any atom is -0.352 e. The molecule has 0 aliphatic rings. The van der Waals surface area contributed by atoms with Crippen molar-refractivity contribution in [1.29, 1.82) is 0 Å². The van der Waals surface area contributed by atoms with Crippen molar-refractivity contribution in [1.82, 2.24) is 15.6 Å². The van der Waals surface area contributed by atoms with E-state index in [0.717, 1.165) is 23.9 Å². The molecule has 2 aromatic heterocycles. The number of nitrogens with zero attached hydrogens (tertiary/aromatic N) is 2. The lowest BCUT2D eigenvalue weighted by Gasteiger charge is -2.09. The second-order valence-corrected chi connectivity index (χ2v) is 6.16. The molecule has 0 saturated heterocycles. The molecule has 0 fully saturated rings. The lowest BCUT2D eigenvalue weighted by atomic mass is 10.4. The first-order chi connectivity index (χ1) is 9.31. The number of hydrogen-bond acceptors (Lipinski definition) is 4. The molecule has 0 atom stereocenters. The highest BCUT2D eigenvalue weighted by molar-refractivity contribution is 14.0. The van der Waals surface area contributed by atoms with Gasteiger partial charge in [0.05, 0.1) is 13.1 Å². The molecule has 20 heavy (non-hydrogen) atoms. The van der Waals surface area contributed by atoms with E-state index >= 15 is 0 Å². The van der Waals surface area contributed by atoms with E-state index < -0.39 is 0 Å². The topological polar surface area (TPSA) is 49.3 Å². The average molecular weight is 422 g/mol. The number of aryl methyl sites for hydroxylation is 1. The fraction of sp³-hybridized carbons (Fsp3) is 0.385. The van der Waals surface area contributed by atoms with Crippen molar-refractivity contribution in [2.45, 2.75) is 26.4 Å². The summed E-state index contributed by atoms with van der Waals surface area (Å²) in [6.07, 6.45) is 2.91. The zero-order chi connectivity index (χ0) is 13.5. The van der Waals surface area contributed by atoms with Gasteiger partial charge in [-0.1, -0.05) is 6.92 Å². The summed E-state index contributed by atoms with van der Waals surface area (Å²) in [6, 6.07) is 4.36. The van der Waals surface area contributed by atoms with Gasteiger partial charge in [0.1, 0.15) is 5.01 Å². The lowest BCUT2D eigenvalue weighted by Crippen LogP contribution is -2.36. The molecular formula is C13H19IN4S2. The highest BCUT2D eigenvalue weighted by atomic mass is 127. The third-order valence-electron chi connectivity index (χ3n) is 2.61. The minimum absolute atomic E-state index is 0. The number of nitrogens with one attached hydrogen (secondary N) is 2. The van der Waals surface area contributed by atoms with E-state index in [9.17, 15) is 0 Å². The maximum absolute atomic E-state index is 4.23. The Bertz CT molecular complexity index is 522. The normalized spacial score (nSPS) is 11.0. The molecule has 2 aromatic rings. The summed E-state index contributed by atoms with van der Waals surface area (Å²) in [4.78, 5) is 11.2. The van der Waals surface area contributed by atoms with Crippen molar-refractivity contribution in [2.75, 3.05) is 7.05 Å². The van der Waals surface area contributed by atoms with Crippen LogP contribution < -0.4 is 10.6 Å². The highest BCUT2D eigenvalue weighted by Gasteiger charge is 2.02. The summed E-state index contributed by atoms with van der Waals surface area (Å²) >= 11 is 3.49. The van der Waals surface area contributed by atoms with Crippen LogP contribution in [0.4, 0.5) is 0 Å². The molecule has 0 amide bonds. The standard InChI is InChI=1S/C13H18N4S2.HI/c1-3-10-4-5-11(19-10)8-16-13(14-2)17-9-12-15-6-7-18-12;/h4-7H,3,8-9H2,1-2H3,(H2,14,16,17);1H. The van der Waals surface area contributed by atoms with Gasteiger partial charge in [-0.3, -0.25) is 4.99 Å². The van der Waals surface area contributed by atoms with E-state index in [2.05, 4.69) is 39.7 Å². The zero-order valence-corrected chi connectivity index (χ0v) is 15.5. The number of guanidine groups is 1. The molecule has 4 nitrogen and oxygen atoms in total. The maximum atomic E-state index is 4.23. The summed E-state index contributed by atoms with van der Waals surface area (Å²) in [5.41, 5.74) is 0. The number of halogens is 1. The second-order valence-electron chi connectivity index (χ2n) is 3.93. The Hall–Kier alpha value is -0.670. The molecule has 2 rings (SSSR count). The van der Waals surface area contributed by atoms with Gasteiger partial charge in [0.25, 0.3) is 0 Å². The summed E-state index contributed by atoms with van der Waals surface area (Å²) in [6.45, 7) is 3.70. The molecule has 2 heterocycles. The second kappa shape index (κ2) is 9.30. The molecule has 0 saturated carbocycles. The average Bonchev–Trinajstić information content (AvgIpc) is 3.10. The lowest BCUT2D eigenvalue weighted by molar-refractivity contribution is 0.811. The number of rotatable bonds is 5.